The third kappa shape index (κ3) is 4.20. The van der Waals surface area contributed by atoms with Gasteiger partial charge in [-0.15, -0.1) is 0 Å². The maximum atomic E-state index is 6.28. The van der Waals surface area contributed by atoms with E-state index in [9.17, 15) is 0 Å². The van der Waals surface area contributed by atoms with E-state index in [0.717, 1.165) is 30.1 Å². The summed E-state index contributed by atoms with van der Waals surface area (Å²) in [5, 5.41) is 4.00. The predicted molar refractivity (Wildman–Crippen MR) is 82.9 cm³/mol. The summed E-state index contributed by atoms with van der Waals surface area (Å²) in [6.07, 6.45) is 3.65. The summed E-state index contributed by atoms with van der Waals surface area (Å²) in [6, 6.07) is 5.66. The van der Waals surface area contributed by atoms with Crippen LogP contribution in [0.5, 0.6) is 5.75 Å². The molecule has 2 aromatic rings. The quantitative estimate of drug-likeness (QED) is 0.760. The van der Waals surface area contributed by atoms with Crippen molar-refractivity contribution in [3.05, 3.63) is 47.0 Å². The Balaban J connectivity index is 2.08. The molecule has 0 amide bonds. The van der Waals surface area contributed by atoms with Gasteiger partial charge in [0.15, 0.2) is 0 Å². The minimum absolute atomic E-state index is 0.629. The van der Waals surface area contributed by atoms with Crippen LogP contribution in [0.25, 0.3) is 0 Å². The second-order valence-corrected chi connectivity index (χ2v) is 5.01. The van der Waals surface area contributed by atoms with E-state index in [1.807, 2.05) is 24.4 Å². The van der Waals surface area contributed by atoms with Crippen molar-refractivity contribution in [3.63, 3.8) is 0 Å². The number of benzene rings is 1. The van der Waals surface area contributed by atoms with Crippen LogP contribution in [0.3, 0.4) is 0 Å². The fraction of sp³-hybridized carbons (Fsp3) is 0.400. The zero-order chi connectivity index (χ0) is 15.1. The molecule has 0 saturated heterocycles. The lowest BCUT2D eigenvalue weighted by Crippen LogP contribution is -2.20. The standard InChI is InChI=1S/C15H20ClN3O2/c1-20-7-6-17-8-12-9-18-11-19(12)10-13-14(16)4-3-5-15(13)21-2/h3-5,9,11,17H,6-8,10H2,1-2H3. The number of nitrogens with one attached hydrogen (secondary N) is 1. The average Bonchev–Trinajstić information content (AvgIpc) is 2.93. The Morgan fingerprint density at radius 1 is 1.33 bits per heavy atom. The predicted octanol–water partition coefficient (Wildman–Crippen LogP) is 2.33. The van der Waals surface area contributed by atoms with Gasteiger partial charge in [-0.25, -0.2) is 4.98 Å². The molecular formula is C15H20ClN3O2. The lowest BCUT2D eigenvalue weighted by atomic mass is 10.2. The molecule has 0 spiro atoms. The molecule has 0 fully saturated rings. The monoisotopic (exact) mass is 309 g/mol. The van der Waals surface area contributed by atoms with E-state index in [-0.39, 0.29) is 0 Å². The molecule has 1 N–H and O–H groups in total. The van der Waals surface area contributed by atoms with Crippen LogP contribution in [0.1, 0.15) is 11.3 Å². The van der Waals surface area contributed by atoms with E-state index in [1.165, 1.54) is 0 Å². The number of nitrogens with zero attached hydrogens (tertiary/aromatic N) is 2. The highest BCUT2D eigenvalue weighted by Crippen LogP contribution is 2.27. The first kappa shape index (κ1) is 15.8. The van der Waals surface area contributed by atoms with Crippen LogP contribution in [0.4, 0.5) is 0 Å². The van der Waals surface area contributed by atoms with E-state index >= 15 is 0 Å². The number of ether oxygens (including phenoxy) is 2. The molecule has 1 aromatic heterocycles. The molecule has 0 bridgehead atoms. The molecule has 0 radical (unpaired) electrons. The fourth-order valence-electron chi connectivity index (χ4n) is 2.08. The summed E-state index contributed by atoms with van der Waals surface area (Å²) in [5.74, 6) is 0.787. The third-order valence-corrected chi connectivity index (χ3v) is 3.57. The van der Waals surface area contributed by atoms with Crippen molar-refractivity contribution in [1.82, 2.24) is 14.9 Å². The molecule has 0 aliphatic rings. The van der Waals surface area contributed by atoms with Gasteiger partial charge in [-0.1, -0.05) is 17.7 Å². The summed E-state index contributed by atoms with van der Waals surface area (Å²) in [6.45, 7) is 2.85. The van der Waals surface area contributed by atoms with Crippen LogP contribution in [0.15, 0.2) is 30.7 Å². The number of hydrogen-bond donors (Lipinski definition) is 1. The number of methoxy groups -OCH3 is 2. The minimum Gasteiger partial charge on any atom is -0.496 e. The normalized spacial score (nSPS) is 10.8. The lowest BCUT2D eigenvalue weighted by molar-refractivity contribution is 0.199. The molecule has 114 valence electrons. The van der Waals surface area contributed by atoms with Gasteiger partial charge in [-0.2, -0.15) is 0 Å². The van der Waals surface area contributed by atoms with Crippen molar-refractivity contribution in [2.45, 2.75) is 13.1 Å². The average molecular weight is 310 g/mol. The van der Waals surface area contributed by atoms with Crippen molar-refractivity contribution in [2.75, 3.05) is 27.4 Å². The maximum Gasteiger partial charge on any atom is 0.125 e. The second-order valence-electron chi connectivity index (χ2n) is 4.60. The largest absolute Gasteiger partial charge is 0.496 e. The van der Waals surface area contributed by atoms with Gasteiger partial charge in [-0.3, -0.25) is 0 Å². The van der Waals surface area contributed by atoms with E-state index < -0.39 is 0 Å². The second kappa shape index (κ2) is 8.02. The molecule has 0 saturated carbocycles. The Bertz CT molecular complexity index is 572. The molecule has 0 aliphatic heterocycles. The van der Waals surface area contributed by atoms with E-state index in [2.05, 4.69) is 14.9 Å². The van der Waals surface area contributed by atoms with Crippen molar-refractivity contribution < 1.29 is 9.47 Å². The number of imidazole rings is 1. The number of aromatic nitrogens is 2. The number of halogens is 1. The van der Waals surface area contributed by atoms with E-state index in [0.29, 0.717) is 18.2 Å². The van der Waals surface area contributed by atoms with Gasteiger partial charge in [0.05, 0.1) is 32.3 Å². The Labute approximate surface area is 129 Å². The van der Waals surface area contributed by atoms with Crippen molar-refractivity contribution >= 4 is 11.6 Å². The van der Waals surface area contributed by atoms with Gasteiger partial charge in [-0.05, 0) is 12.1 Å². The van der Waals surface area contributed by atoms with Gasteiger partial charge < -0.3 is 19.4 Å². The fourth-order valence-corrected chi connectivity index (χ4v) is 2.31. The molecule has 0 unspecified atom stereocenters. The Hall–Kier alpha value is -1.56. The van der Waals surface area contributed by atoms with Crippen LogP contribution < -0.4 is 10.1 Å². The maximum absolute atomic E-state index is 6.28. The lowest BCUT2D eigenvalue weighted by Gasteiger charge is -2.13. The topological polar surface area (TPSA) is 48.3 Å². The smallest absolute Gasteiger partial charge is 0.125 e. The van der Waals surface area contributed by atoms with Gasteiger partial charge in [0.1, 0.15) is 5.75 Å². The molecule has 5 nitrogen and oxygen atoms in total. The first-order valence-corrected chi connectivity index (χ1v) is 7.14. The first-order chi connectivity index (χ1) is 10.3. The summed E-state index contributed by atoms with van der Waals surface area (Å²) in [7, 11) is 3.34. The minimum atomic E-state index is 0.629. The molecule has 2 rings (SSSR count). The zero-order valence-corrected chi connectivity index (χ0v) is 13.1. The highest BCUT2D eigenvalue weighted by molar-refractivity contribution is 6.31. The summed E-state index contributed by atoms with van der Waals surface area (Å²) in [4.78, 5) is 4.21. The molecule has 21 heavy (non-hydrogen) atoms. The summed E-state index contributed by atoms with van der Waals surface area (Å²) >= 11 is 6.28. The van der Waals surface area contributed by atoms with E-state index in [1.54, 1.807) is 20.5 Å². The van der Waals surface area contributed by atoms with Crippen molar-refractivity contribution in [3.8, 4) is 5.75 Å². The van der Waals surface area contributed by atoms with Crippen LogP contribution in [0, 0.1) is 0 Å². The highest BCUT2D eigenvalue weighted by atomic mass is 35.5. The number of rotatable bonds is 8. The Morgan fingerprint density at radius 3 is 2.95 bits per heavy atom. The zero-order valence-electron chi connectivity index (χ0n) is 12.3. The van der Waals surface area contributed by atoms with Gasteiger partial charge in [0.25, 0.3) is 0 Å². The molecule has 0 atom stereocenters. The van der Waals surface area contributed by atoms with Gasteiger partial charge >= 0.3 is 0 Å². The van der Waals surface area contributed by atoms with Crippen LogP contribution in [-0.4, -0.2) is 36.9 Å². The first-order valence-electron chi connectivity index (χ1n) is 6.76. The highest BCUT2D eigenvalue weighted by Gasteiger charge is 2.10. The van der Waals surface area contributed by atoms with Crippen molar-refractivity contribution in [2.24, 2.45) is 0 Å². The van der Waals surface area contributed by atoms with Crippen LogP contribution >= 0.6 is 11.6 Å². The van der Waals surface area contributed by atoms with E-state index in [4.69, 9.17) is 21.1 Å². The van der Waals surface area contributed by atoms with Crippen molar-refractivity contribution in [1.29, 1.82) is 0 Å². The Morgan fingerprint density at radius 2 is 2.19 bits per heavy atom. The van der Waals surface area contributed by atoms with Crippen LogP contribution in [-0.2, 0) is 17.8 Å². The number of hydrogen-bond acceptors (Lipinski definition) is 4. The Kier molecular flexibility index (Phi) is 6.04. The SMILES string of the molecule is COCCNCc1cncn1Cc1c(Cl)cccc1OC. The summed E-state index contributed by atoms with van der Waals surface area (Å²) < 4.78 is 12.5. The third-order valence-electron chi connectivity index (χ3n) is 3.21. The molecule has 6 heteroatoms. The summed E-state index contributed by atoms with van der Waals surface area (Å²) in [5.41, 5.74) is 2.05. The molecule has 1 heterocycles. The molecular weight excluding hydrogens is 290 g/mol. The van der Waals surface area contributed by atoms with Crippen LogP contribution in [0.2, 0.25) is 5.02 Å². The molecule has 0 aliphatic carbocycles. The molecule has 1 aromatic carbocycles. The van der Waals surface area contributed by atoms with Gasteiger partial charge in [0, 0.05) is 37.0 Å². The van der Waals surface area contributed by atoms with Gasteiger partial charge in [0.2, 0.25) is 0 Å².